The summed E-state index contributed by atoms with van der Waals surface area (Å²) in [5.74, 6) is -1.92. The minimum absolute atomic E-state index is 0.348. The van der Waals surface area contributed by atoms with Crippen LogP contribution in [0.1, 0.15) is 6.42 Å². The molecule has 2 unspecified atom stereocenters. The Morgan fingerprint density at radius 1 is 1.19 bits per heavy atom. The number of halogens is 2. The van der Waals surface area contributed by atoms with Crippen LogP contribution in [0.25, 0.3) is 0 Å². The summed E-state index contributed by atoms with van der Waals surface area (Å²) in [6, 6.07) is 7.18. The second-order valence-corrected chi connectivity index (χ2v) is 8.05. The van der Waals surface area contributed by atoms with E-state index in [9.17, 15) is 8.78 Å². The van der Waals surface area contributed by atoms with Gasteiger partial charge in [-0.3, -0.25) is 4.90 Å². The molecule has 27 heavy (non-hydrogen) atoms. The van der Waals surface area contributed by atoms with E-state index in [2.05, 4.69) is 15.5 Å². The van der Waals surface area contributed by atoms with E-state index in [-0.39, 0.29) is 0 Å². The largest absolute Gasteiger partial charge is 0.381 e. The highest BCUT2D eigenvalue weighted by atomic mass is 32.2. The van der Waals surface area contributed by atoms with Crippen LogP contribution in [0.2, 0.25) is 0 Å². The molecule has 2 atom stereocenters. The highest BCUT2D eigenvalue weighted by Crippen LogP contribution is 2.26. The molecule has 2 saturated heterocycles. The summed E-state index contributed by atoms with van der Waals surface area (Å²) in [5.41, 5.74) is 0.776. The van der Waals surface area contributed by atoms with Crippen LogP contribution >= 0.6 is 24.0 Å². The van der Waals surface area contributed by atoms with Gasteiger partial charge in [0.05, 0.1) is 19.8 Å². The molecule has 3 rings (SSSR count). The summed E-state index contributed by atoms with van der Waals surface area (Å²) < 4.78 is 35.8. The van der Waals surface area contributed by atoms with Gasteiger partial charge in [-0.2, -0.15) is 8.78 Å². The average Bonchev–Trinajstić information content (AvgIpc) is 3.18. The molecule has 9 heteroatoms. The first-order chi connectivity index (χ1) is 13.1. The van der Waals surface area contributed by atoms with Gasteiger partial charge >= 0.3 is 0 Å². The number of nitrogens with one attached hydrogen (secondary N) is 2. The first kappa shape index (κ1) is 20.7. The Hall–Kier alpha value is -1.00. The first-order valence-corrected chi connectivity index (χ1v) is 10.4. The number of nitrogens with zero attached hydrogens (tertiary/aromatic N) is 1. The van der Waals surface area contributed by atoms with Crippen molar-refractivity contribution in [2.45, 2.75) is 23.1 Å². The number of ether oxygens (including phenoxy) is 2. The van der Waals surface area contributed by atoms with E-state index in [4.69, 9.17) is 21.7 Å². The Morgan fingerprint density at radius 2 is 1.93 bits per heavy atom. The fraction of sp³-hybridized carbons (Fsp3) is 0.611. The van der Waals surface area contributed by atoms with Gasteiger partial charge in [0.25, 0.3) is 5.76 Å². The van der Waals surface area contributed by atoms with Crippen LogP contribution in [-0.2, 0) is 9.47 Å². The summed E-state index contributed by atoms with van der Waals surface area (Å²) in [6.07, 6.45) is 1.06. The molecule has 1 aromatic carbocycles. The van der Waals surface area contributed by atoms with E-state index in [0.29, 0.717) is 33.7 Å². The molecule has 0 radical (unpaired) electrons. The third-order valence-electron chi connectivity index (χ3n) is 4.83. The predicted molar refractivity (Wildman–Crippen MR) is 108 cm³/mol. The van der Waals surface area contributed by atoms with Crippen LogP contribution in [0.15, 0.2) is 29.2 Å². The number of anilines is 1. The molecular formula is C18H25F2N3O2S2. The lowest BCUT2D eigenvalue weighted by Crippen LogP contribution is -2.52. The van der Waals surface area contributed by atoms with Crippen LogP contribution in [0.5, 0.6) is 0 Å². The normalized spacial score (nSPS) is 22.0. The van der Waals surface area contributed by atoms with Gasteiger partial charge in [-0.1, -0.05) is 11.8 Å². The Kier molecular flexibility index (Phi) is 8.07. The molecule has 5 nitrogen and oxygen atoms in total. The molecule has 150 valence electrons. The lowest BCUT2D eigenvalue weighted by molar-refractivity contribution is 0.00255. The van der Waals surface area contributed by atoms with E-state index in [1.807, 2.05) is 0 Å². The topological polar surface area (TPSA) is 45.8 Å². The third kappa shape index (κ3) is 6.53. The van der Waals surface area contributed by atoms with Crippen LogP contribution in [0.4, 0.5) is 14.5 Å². The van der Waals surface area contributed by atoms with Crippen LogP contribution in [0, 0.1) is 5.92 Å². The zero-order valence-electron chi connectivity index (χ0n) is 15.0. The summed E-state index contributed by atoms with van der Waals surface area (Å²) in [6.45, 7) is 5.70. The van der Waals surface area contributed by atoms with Crippen molar-refractivity contribution >= 4 is 34.8 Å². The van der Waals surface area contributed by atoms with Crippen molar-refractivity contribution in [3.63, 3.8) is 0 Å². The van der Waals surface area contributed by atoms with Gasteiger partial charge < -0.3 is 20.1 Å². The zero-order chi connectivity index (χ0) is 19.1. The number of alkyl halides is 2. The summed E-state index contributed by atoms with van der Waals surface area (Å²) in [4.78, 5) is 2.98. The lowest BCUT2D eigenvalue weighted by Gasteiger charge is -2.37. The van der Waals surface area contributed by atoms with Crippen molar-refractivity contribution in [2.24, 2.45) is 5.92 Å². The highest BCUT2D eigenvalue weighted by Gasteiger charge is 2.31. The number of hydrogen-bond acceptors (Lipinski definition) is 5. The van der Waals surface area contributed by atoms with E-state index in [1.54, 1.807) is 24.3 Å². The maximum atomic E-state index is 12.4. The van der Waals surface area contributed by atoms with Crippen LogP contribution < -0.4 is 10.6 Å². The van der Waals surface area contributed by atoms with Crippen molar-refractivity contribution < 1.29 is 18.3 Å². The maximum absolute atomic E-state index is 12.4. The van der Waals surface area contributed by atoms with E-state index >= 15 is 0 Å². The number of rotatable bonds is 7. The van der Waals surface area contributed by atoms with E-state index < -0.39 is 5.76 Å². The van der Waals surface area contributed by atoms with Crippen LogP contribution in [-0.4, -0.2) is 67.9 Å². The molecule has 2 heterocycles. The third-order valence-corrected chi connectivity index (χ3v) is 5.80. The molecule has 0 amide bonds. The van der Waals surface area contributed by atoms with Gasteiger partial charge in [0.15, 0.2) is 5.11 Å². The van der Waals surface area contributed by atoms with E-state index in [1.165, 1.54) is 0 Å². The second-order valence-electron chi connectivity index (χ2n) is 6.58. The molecule has 0 bridgehead atoms. The Balaban J connectivity index is 1.50. The molecule has 2 fully saturated rings. The van der Waals surface area contributed by atoms with Gasteiger partial charge in [-0.25, -0.2) is 0 Å². The van der Waals surface area contributed by atoms with Gasteiger partial charge in [0.1, 0.15) is 0 Å². The van der Waals surface area contributed by atoms with Crippen molar-refractivity contribution in [1.82, 2.24) is 10.2 Å². The standard InChI is InChI=1S/C18H25F2N3O2S2/c19-17(20)27-15-3-1-14(2-4-15)22-18(26)21-11-16(13-5-8-25-12-13)23-6-9-24-10-7-23/h1-4,13,16-17H,5-12H2,(H2,21,22,26). The molecule has 2 aliphatic rings. The predicted octanol–water partition coefficient (Wildman–Crippen LogP) is 3.03. The Labute approximate surface area is 168 Å². The number of morpholine rings is 1. The lowest BCUT2D eigenvalue weighted by atomic mass is 9.97. The van der Waals surface area contributed by atoms with E-state index in [0.717, 1.165) is 58.2 Å². The first-order valence-electron chi connectivity index (χ1n) is 9.11. The Bertz CT molecular complexity index is 595. The molecule has 0 aliphatic carbocycles. The smallest absolute Gasteiger partial charge is 0.288 e. The molecule has 1 aromatic rings. The monoisotopic (exact) mass is 417 g/mol. The van der Waals surface area contributed by atoms with Gasteiger partial charge in [0.2, 0.25) is 0 Å². The number of thioether (sulfide) groups is 1. The van der Waals surface area contributed by atoms with Gasteiger partial charge in [0, 0.05) is 48.8 Å². The van der Waals surface area contributed by atoms with Crippen molar-refractivity contribution in [1.29, 1.82) is 0 Å². The SMILES string of the molecule is FC(F)Sc1ccc(NC(=S)NCC(C2CCOC2)N2CCOCC2)cc1. The molecule has 2 aliphatic heterocycles. The fourth-order valence-electron chi connectivity index (χ4n) is 3.45. The highest BCUT2D eigenvalue weighted by molar-refractivity contribution is 7.99. The van der Waals surface area contributed by atoms with Crippen molar-refractivity contribution in [3.8, 4) is 0 Å². The quantitative estimate of drug-likeness (QED) is 0.522. The minimum Gasteiger partial charge on any atom is -0.381 e. The zero-order valence-corrected chi connectivity index (χ0v) is 16.7. The fourth-order valence-corrected chi connectivity index (χ4v) is 4.15. The summed E-state index contributed by atoms with van der Waals surface area (Å²) >= 11 is 5.94. The van der Waals surface area contributed by atoms with Crippen LogP contribution in [0.3, 0.4) is 0 Å². The molecule has 0 aromatic heterocycles. The van der Waals surface area contributed by atoms with Crippen molar-refractivity contribution in [2.75, 3.05) is 51.4 Å². The average molecular weight is 418 g/mol. The summed E-state index contributed by atoms with van der Waals surface area (Å²) in [5, 5.41) is 6.96. The molecule has 0 spiro atoms. The molecule has 2 N–H and O–H groups in total. The van der Waals surface area contributed by atoms with Gasteiger partial charge in [-0.15, -0.1) is 0 Å². The second kappa shape index (κ2) is 10.5. The number of benzene rings is 1. The minimum atomic E-state index is -2.41. The Morgan fingerprint density at radius 3 is 2.56 bits per heavy atom. The molecule has 0 saturated carbocycles. The number of thiocarbonyl (C=S) groups is 1. The van der Waals surface area contributed by atoms with Gasteiger partial charge in [-0.05, 0) is 42.9 Å². The molecular weight excluding hydrogens is 392 g/mol. The summed E-state index contributed by atoms with van der Waals surface area (Å²) in [7, 11) is 0. The van der Waals surface area contributed by atoms with Crippen molar-refractivity contribution in [3.05, 3.63) is 24.3 Å². The maximum Gasteiger partial charge on any atom is 0.288 e. The number of hydrogen-bond donors (Lipinski definition) is 2.